The van der Waals surface area contributed by atoms with Gasteiger partial charge in [0.2, 0.25) is 0 Å². The maximum atomic E-state index is 6.27. The van der Waals surface area contributed by atoms with Crippen molar-refractivity contribution in [2.45, 2.75) is 13.5 Å². The highest BCUT2D eigenvalue weighted by molar-refractivity contribution is 5.97. The SMILES string of the molecule is CCOc1ccccc1[N+]1=C(N)c2ccccc2C1. The molecule has 0 aromatic heterocycles. The van der Waals surface area contributed by atoms with Crippen LogP contribution in [0.3, 0.4) is 0 Å². The largest absolute Gasteiger partial charge is 0.489 e. The van der Waals surface area contributed by atoms with E-state index in [1.807, 2.05) is 43.3 Å². The number of rotatable bonds is 3. The number of para-hydroxylation sites is 2. The minimum atomic E-state index is 0.651. The van der Waals surface area contributed by atoms with Crippen LogP contribution in [-0.2, 0) is 6.54 Å². The Hall–Kier alpha value is -2.29. The minimum Gasteiger partial charge on any atom is -0.489 e. The van der Waals surface area contributed by atoms with Gasteiger partial charge in [-0.2, -0.15) is 0 Å². The van der Waals surface area contributed by atoms with Gasteiger partial charge in [0.25, 0.3) is 5.84 Å². The fourth-order valence-corrected chi connectivity index (χ4v) is 2.48. The maximum absolute atomic E-state index is 6.27. The van der Waals surface area contributed by atoms with E-state index >= 15 is 0 Å². The van der Waals surface area contributed by atoms with Crippen molar-refractivity contribution in [3.63, 3.8) is 0 Å². The lowest BCUT2D eigenvalue weighted by Gasteiger charge is -2.09. The molecule has 3 nitrogen and oxygen atoms in total. The third-order valence-corrected chi connectivity index (χ3v) is 3.37. The molecule has 0 spiro atoms. The summed E-state index contributed by atoms with van der Waals surface area (Å²) < 4.78 is 7.79. The van der Waals surface area contributed by atoms with Crippen LogP contribution >= 0.6 is 0 Å². The first-order valence-electron chi connectivity index (χ1n) is 6.51. The van der Waals surface area contributed by atoms with Crippen molar-refractivity contribution in [2.75, 3.05) is 6.61 Å². The van der Waals surface area contributed by atoms with Crippen LogP contribution in [0, 0.1) is 0 Å². The summed E-state index contributed by atoms with van der Waals surface area (Å²) in [5.74, 6) is 1.67. The van der Waals surface area contributed by atoms with E-state index in [1.165, 1.54) is 5.56 Å². The Morgan fingerprint density at radius 1 is 1.11 bits per heavy atom. The van der Waals surface area contributed by atoms with Gasteiger partial charge in [-0.1, -0.05) is 30.3 Å². The van der Waals surface area contributed by atoms with Crippen LogP contribution in [0.25, 0.3) is 0 Å². The van der Waals surface area contributed by atoms with E-state index in [1.54, 1.807) is 0 Å². The van der Waals surface area contributed by atoms with Crippen LogP contribution < -0.4 is 10.5 Å². The summed E-state index contributed by atoms with van der Waals surface area (Å²) in [6, 6.07) is 16.3. The summed E-state index contributed by atoms with van der Waals surface area (Å²) >= 11 is 0. The molecule has 0 saturated heterocycles. The number of hydrogen-bond acceptors (Lipinski definition) is 2. The number of nitrogens with two attached hydrogens (primary N) is 1. The van der Waals surface area contributed by atoms with Crippen molar-refractivity contribution in [3.05, 3.63) is 59.7 Å². The highest BCUT2D eigenvalue weighted by atomic mass is 16.5. The van der Waals surface area contributed by atoms with Gasteiger partial charge in [0.05, 0.1) is 12.2 Å². The van der Waals surface area contributed by atoms with Crippen LogP contribution in [0.15, 0.2) is 48.5 Å². The Morgan fingerprint density at radius 2 is 1.84 bits per heavy atom. The topological polar surface area (TPSA) is 38.3 Å². The summed E-state index contributed by atoms with van der Waals surface area (Å²) in [4.78, 5) is 0. The molecule has 0 atom stereocenters. The predicted molar refractivity (Wildman–Crippen MR) is 76.0 cm³/mol. The van der Waals surface area contributed by atoms with Gasteiger partial charge in [-0.25, -0.2) is 4.58 Å². The molecule has 2 aromatic carbocycles. The second-order valence-electron chi connectivity index (χ2n) is 4.53. The molecule has 1 heterocycles. The average Bonchev–Trinajstić information content (AvgIpc) is 2.78. The van der Waals surface area contributed by atoms with Crippen molar-refractivity contribution in [2.24, 2.45) is 5.73 Å². The minimum absolute atomic E-state index is 0.651. The molecule has 0 unspecified atom stereocenters. The van der Waals surface area contributed by atoms with Crippen molar-refractivity contribution in [1.82, 2.24) is 0 Å². The molecule has 1 aliphatic heterocycles. The van der Waals surface area contributed by atoms with Gasteiger partial charge in [-0.05, 0) is 25.1 Å². The average molecular weight is 253 g/mol. The standard InChI is InChI=1S/C16H16N2O/c1-2-19-15-10-6-5-9-14(15)18-11-12-7-3-4-8-13(12)16(18)17/h3-10,17H,2,11H2,1H3/p+1. The van der Waals surface area contributed by atoms with E-state index in [-0.39, 0.29) is 0 Å². The van der Waals surface area contributed by atoms with E-state index in [0.717, 1.165) is 29.4 Å². The molecule has 2 N–H and O–H groups in total. The number of nitrogens with zero attached hydrogens (tertiary/aromatic N) is 1. The first kappa shape index (κ1) is 11.8. The summed E-state index contributed by atoms with van der Waals surface area (Å²) in [6.45, 7) is 3.44. The van der Waals surface area contributed by atoms with Gasteiger partial charge in [0.1, 0.15) is 6.54 Å². The molecule has 0 bridgehead atoms. The van der Waals surface area contributed by atoms with Crippen LogP contribution in [0.5, 0.6) is 5.75 Å². The van der Waals surface area contributed by atoms with Crippen molar-refractivity contribution >= 4 is 11.5 Å². The summed E-state index contributed by atoms with van der Waals surface area (Å²) in [5, 5.41) is 0. The maximum Gasteiger partial charge on any atom is 0.280 e. The molecule has 2 aromatic rings. The Balaban J connectivity index is 2.08. The molecule has 0 radical (unpaired) electrons. The number of amidine groups is 1. The molecule has 3 heteroatoms. The Labute approximate surface area is 113 Å². The zero-order valence-electron chi connectivity index (χ0n) is 11.0. The molecule has 3 rings (SSSR count). The van der Waals surface area contributed by atoms with E-state index in [4.69, 9.17) is 10.5 Å². The molecule has 0 amide bonds. The molecule has 19 heavy (non-hydrogen) atoms. The van der Waals surface area contributed by atoms with Crippen LogP contribution in [0.2, 0.25) is 0 Å². The first-order valence-corrected chi connectivity index (χ1v) is 6.51. The summed E-state index contributed by atoms with van der Waals surface area (Å²) in [5.41, 5.74) is 9.68. The fourth-order valence-electron chi connectivity index (χ4n) is 2.48. The zero-order chi connectivity index (χ0) is 13.2. The molecule has 0 saturated carbocycles. The number of fused-ring (bicyclic) bond motifs is 1. The van der Waals surface area contributed by atoms with Gasteiger partial charge < -0.3 is 4.74 Å². The van der Waals surface area contributed by atoms with Crippen LogP contribution in [0.4, 0.5) is 5.69 Å². The van der Waals surface area contributed by atoms with Gasteiger partial charge in [0, 0.05) is 5.56 Å². The monoisotopic (exact) mass is 253 g/mol. The Kier molecular flexibility index (Phi) is 2.95. The highest BCUT2D eigenvalue weighted by Gasteiger charge is 2.27. The van der Waals surface area contributed by atoms with E-state index in [0.29, 0.717) is 6.61 Å². The smallest absolute Gasteiger partial charge is 0.280 e. The first-order chi connectivity index (χ1) is 9.31. The number of hydrogen-bond donors (Lipinski definition) is 1. The quantitative estimate of drug-likeness (QED) is 0.854. The Bertz CT molecular complexity index is 647. The lowest BCUT2D eigenvalue weighted by molar-refractivity contribution is -0.454. The van der Waals surface area contributed by atoms with E-state index in [2.05, 4.69) is 16.7 Å². The highest BCUT2D eigenvalue weighted by Crippen LogP contribution is 2.31. The Morgan fingerprint density at radius 3 is 2.63 bits per heavy atom. The second kappa shape index (κ2) is 4.76. The van der Waals surface area contributed by atoms with Crippen molar-refractivity contribution in [1.29, 1.82) is 0 Å². The summed E-state index contributed by atoms with van der Waals surface area (Å²) in [7, 11) is 0. The van der Waals surface area contributed by atoms with Crippen molar-refractivity contribution < 1.29 is 9.31 Å². The molecule has 1 aliphatic rings. The normalized spacial score (nSPS) is 13.5. The third kappa shape index (κ3) is 1.97. The van der Waals surface area contributed by atoms with Gasteiger partial charge in [-0.15, -0.1) is 0 Å². The lowest BCUT2D eigenvalue weighted by atomic mass is 10.1. The molecular formula is C16H17N2O+. The van der Waals surface area contributed by atoms with E-state index in [9.17, 15) is 0 Å². The summed E-state index contributed by atoms with van der Waals surface area (Å²) in [6.07, 6.45) is 0. The number of ether oxygens (including phenoxy) is 1. The second-order valence-corrected chi connectivity index (χ2v) is 4.53. The molecular weight excluding hydrogens is 236 g/mol. The van der Waals surface area contributed by atoms with Crippen molar-refractivity contribution in [3.8, 4) is 5.75 Å². The van der Waals surface area contributed by atoms with Gasteiger partial charge in [-0.3, -0.25) is 5.73 Å². The fraction of sp³-hybridized carbons (Fsp3) is 0.188. The zero-order valence-corrected chi connectivity index (χ0v) is 11.0. The number of benzene rings is 2. The van der Waals surface area contributed by atoms with Crippen LogP contribution in [0.1, 0.15) is 18.1 Å². The van der Waals surface area contributed by atoms with E-state index < -0.39 is 0 Å². The van der Waals surface area contributed by atoms with Gasteiger partial charge >= 0.3 is 0 Å². The molecule has 0 aliphatic carbocycles. The molecule has 0 fully saturated rings. The molecule has 96 valence electrons. The van der Waals surface area contributed by atoms with Crippen LogP contribution in [-0.4, -0.2) is 17.0 Å². The lowest BCUT2D eigenvalue weighted by Crippen LogP contribution is -2.20. The predicted octanol–water partition coefficient (Wildman–Crippen LogP) is 2.65. The third-order valence-electron chi connectivity index (χ3n) is 3.37. The van der Waals surface area contributed by atoms with Gasteiger partial charge in [0.15, 0.2) is 11.4 Å².